The van der Waals surface area contributed by atoms with Crippen molar-refractivity contribution in [2.45, 2.75) is 10.8 Å². The number of carbonyl (C=O) groups is 1. The lowest BCUT2D eigenvalue weighted by Gasteiger charge is -2.25. The third kappa shape index (κ3) is 4.77. The molecule has 31 heavy (non-hydrogen) atoms. The third-order valence-corrected chi connectivity index (χ3v) is 8.31. The van der Waals surface area contributed by atoms with Gasteiger partial charge in [0.2, 0.25) is 0 Å². The molecule has 1 amide bonds. The molecule has 1 aliphatic heterocycles. The molecule has 0 unspecified atom stereocenters. The van der Waals surface area contributed by atoms with Crippen LogP contribution in [0.1, 0.15) is 15.2 Å². The number of hydrogen-bond donors (Lipinski definition) is 2. The molecular formula is C21H21N3O5S2. The summed E-state index contributed by atoms with van der Waals surface area (Å²) in [4.78, 5) is 28.2. The Labute approximate surface area is 183 Å². The van der Waals surface area contributed by atoms with Gasteiger partial charge < -0.3 is 15.0 Å². The van der Waals surface area contributed by atoms with Crippen LogP contribution in [0.15, 0.2) is 63.6 Å². The van der Waals surface area contributed by atoms with Gasteiger partial charge in [-0.2, -0.15) is 4.31 Å². The van der Waals surface area contributed by atoms with E-state index in [0.29, 0.717) is 36.9 Å². The van der Waals surface area contributed by atoms with Gasteiger partial charge in [-0.05, 0) is 29.8 Å². The maximum atomic E-state index is 12.7. The van der Waals surface area contributed by atoms with Gasteiger partial charge in [-0.1, -0.05) is 30.3 Å². The number of nitrogens with zero attached hydrogens (tertiary/aromatic N) is 1. The summed E-state index contributed by atoms with van der Waals surface area (Å²) in [6.07, 6.45) is 0. The van der Waals surface area contributed by atoms with Crippen molar-refractivity contribution >= 4 is 27.3 Å². The third-order valence-electron chi connectivity index (χ3n) is 4.86. The number of aromatic nitrogens is 1. The minimum Gasteiger partial charge on any atom is -0.379 e. The Morgan fingerprint density at radius 2 is 1.81 bits per heavy atom. The molecule has 1 aromatic carbocycles. The minimum absolute atomic E-state index is 0.00241. The zero-order valence-electron chi connectivity index (χ0n) is 16.5. The molecule has 0 aliphatic carbocycles. The van der Waals surface area contributed by atoms with E-state index in [1.165, 1.54) is 10.4 Å². The minimum atomic E-state index is -3.57. The highest BCUT2D eigenvalue weighted by molar-refractivity contribution is 7.91. The maximum Gasteiger partial charge on any atom is 0.261 e. The summed E-state index contributed by atoms with van der Waals surface area (Å²) in [6, 6.07) is 15.7. The van der Waals surface area contributed by atoms with Crippen molar-refractivity contribution in [2.24, 2.45) is 0 Å². The van der Waals surface area contributed by atoms with Gasteiger partial charge >= 0.3 is 0 Å². The van der Waals surface area contributed by atoms with E-state index in [-0.39, 0.29) is 16.3 Å². The predicted molar refractivity (Wildman–Crippen MR) is 118 cm³/mol. The first-order valence-electron chi connectivity index (χ1n) is 9.69. The molecule has 0 radical (unpaired) electrons. The Hall–Kier alpha value is -2.79. The van der Waals surface area contributed by atoms with E-state index >= 15 is 0 Å². The standard InChI is InChI=1S/C21H21N3O5S2/c25-20(17-7-8-18(23-21(17)26)15-4-2-1-3-5-15)22-14-16-6-9-19(30-16)31(27,28)24-10-12-29-13-11-24/h1-9H,10-14H2,(H,22,25)(H,23,26). The number of pyridine rings is 1. The first kappa shape index (κ1) is 21.4. The zero-order chi connectivity index (χ0) is 21.8. The molecule has 2 N–H and O–H groups in total. The lowest BCUT2D eigenvalue weighted by molar-refractivity contribution is 0.0731. The van der Waals surface area contributed by atoms with E-state index in [1.807, 2.05) is 30.3 Å². The Bertz CT molecular complexity index is 1230. The largest absolute Gasteiger partial charge is 0.379 e. The number of carbonyl (C=O) groups excluding carboxylic acids is 1. The number of amides is 1. The number of H-pyrrole nitrogens is 1. The molecule has 3 heterocycles. The van der Waals surface area contributed by atoms with Crippen LogP contribution in [0.5, 0.6) is 0 Å². The van der Waals surface area contributed by atoms with Crippen LogP contribution < -0.4 is 10.9 Å². The molecule has 8 nitrogen and oxygen atoms in total. The van der Waals surface area contributed by atoms with E-state index in [9.17, 15) is 18.0 Å². The normalized spacial score (nSPS) is 15.0. The Morgan fingerprint density at radius 3 is 2.52 bits per heavy atom. The van der Waals surface area contributed by atoms with Crippen molar-refractivity contribution < 1.29 is 17.9 Å². The summed E-state index contributed by atoms with van der Waals surface area (Å²) >= 11 is 1.10. The monoisotopic (exact) mass is 459 g/mol. The van der Waals surface area contributed by atoms with Gasteiger partial charge in [0, 0.05) is 23.7 Å². The summed E-state index contributed by atoms with van der Waals surface area (Å²) in [5, 5.41) is 2.68. The van der Waals surface area contributed by atoms with Crippen molar-refractivity contribution in [3.8, 4) is 11.3 Å². The van der Waals surface area contributed by atoms with Gasteiger partial charge in [0.15, 0.2) is 0 Å². The Morgan fingerprint density at radius 1 is 1.06 bits per heavy atom. The van der Waals surface area contributed by atoms with Gasteiger partial charge in [0.05, 0.1) is 19.8 Å². The average molecular weight is 460 g/mol. The van der Waals surface area contributed by atoms with Gasteiger partial charge in [-0.15, -0.1) is 11.3 Å². The molecule has 0 bridgehead atoms. The summed E-state index contributed by atoms with van der Waals surface area (Å²) < 4.78 is 32.2. The lowest BCUT2D eigenvalue weighted by Crippen LogP contribution is -2.40. The average Bonchev–Trinajstić information content (AvgIpc) is 3.29. The molecule has 0 atom stereocenters. The van der Waals surface area contributed by atoms with Gasteiger partial charge in [-0.3, -0.25) is 9.59 Å². The highest BCUT2D eigenvalue weighted by Crippen LogP contribution is 2.25. The van der Waals surface area contributed by atoms with Crippen LogP contribution >= 0.6 is 11.3 Å². The molecule has 0 spiro atoms. The SMILES string of the molecule is O=C(NCc1ccc(S(=O)(=O)N2CCOCC2)s1)c1ccc(-c2ccccc2)[nH]c1=O. The lowest BCUT2D eigenvalue weighted by atomic mass is 10.1. The number of morpholine rings is 1. The van der Waals surface area contributed by atoms with Crippen LogP contribution in [0.25, 0.3) is 11.3 Å². The Kier molecular flexibility index (Phi) is 6.33. The van der Waals surface area contributed by atoms with Crippen molar-refractivity contribution in [1.29, 1.82) is 0 Å². The van der Waals surface area contributed by atoms with Gasteiger partial charge in [-0.25, -0.2) is 8.42 Å². The van der Waals surface area contributed by atoms with Gasteiger partial charge in [0.1, 0.15) is 9.77 Å². The number of sulfonamides is 1. The second kappa shape index (κ2) is 9.15. The van der Waals surface area contributed by atoms with E-state index in [1.54, 1.807) is 18.2 Å². The highest BCUT2D eigenvalue weighted by atomic mass is 32.2. The van der Waals surface area contributed by atoms with E-state index in [2.05, 4.69) is 10.3 Å². The number of benzene rings is 1. The summed E-state index contributed by atoms with van der Waals surface area (Å²) in [7, 11) is -3.57. The number of rotatable bonds is 6. The molecule has 1 fully saturated rings. The number of hydrogen-bond acceptors (Lipinski definition) is 6. The fourth-order valence-electron chi connectivity index (χ4n) is 3.21. The predicted octanol–water partition coefficient (Wildman–Crippen LogP) is 2.05. The second-order valence-electron chi connectivity index (χ2n) is 6.90. The van der Waals surface area contributed by atoms with Crippen LogP contribution in [-0.2, 0) is 21.3 Å². The number of nitrogens with one attached hydrogen (secondary N) is 2. The fourth-order valence-corrected chi connectivity index (χ4v) is 6.07. The van der Waals surface area contributed by atoms with Crippen molar-refractivity contribution in [2.75, 3.05) is 26.3 Å². The molecule has 4 rings (SSSR count). The highest BCUT2D eigenvalue weighted by Gasteiger charge is 2.27. The van der Waals surface area contributed by atoms with Gasteiger partial charge in [0.25, 0.3) is 21.5 Å². The fraction of sp³-hybridized carbons (Fsp3) is 0.238. The quantitative estimate of drug-likeness (QED) is 0.587. The molecule has 1 saturated heterocycles. The molecule has 162 valence electrons. The van der Waals surface area contributed by atoms with E-state index in [4.69, 9.17) is 4.74 Å². The van der Waals surface area contributed by atoms with Crippen molar-refractivity contribution in [3.63, 3.8) is 0 Å². The number of thiophene rings is 1. The first-order valence-corrected chi connectivity index (χ1v) is 11.9. The van der Waals surface area contributed by atoms with Crippen LogP contribution in [-0.4, -0.2) is 49.9 Å². The second-order valence-corrected chi connectivity index (χ2v) is 10.2. The van der Waals surface area contributed by atoms with E-state index < -0.39 is 21.5 Å². The smallest absolute Gasteiger partial charge is 0.261 e. The zero-order valence-corrected chi connectivity index (χ0v) is 18.2. The summed E-state index contributed by atoms with van der Waals surface area (Å²) in [5.41, 5.74) is 0.982. The van der Waals surface area contributed by atoms with Crippen LogP contribution in [0.4, 0.5) is 0 Å². The molecular weight excluding hydrogens is 438 g/mol. The molecule has 1 aliphatic rings. The van der Waals surface area contributed by atoms with Crippen LogP contribution in [0.3, 0.4) is 0 Å². The van der Waals surface area contributed by atoms with E-state index in [0.717, 1.165) is 16.9 Å². The van der Waals surface area contributed by atoms with Crippen molar-refractivity contribution in [1.82, 2.24) is 14.6 Å². The topological polar surface area (TPSA) is 109 Å². The molecule has 0 saturated carbocycles. The van der Waals surface area contributed by atoms with Crippen LogP contribution in [0, 0.1) is 0 Å². The molecule has 10 heteroatoms. The Balaban J connectivity index is 1.42. The number of aromatic amines is 1. The van der Waals surface area contributed by atoms with Crippen molar-refractivity contribution in [3.05, 3.63) is 75.4 Å². The summed E-state index contributed by atoms with van der Waals surface area (Å²) in [5.74, 6) is -0.521. The summed E-state index contributed by atoms with van der Waals surface area (Å²) in [6.45, 7) is 1.54. The first-order chi connectivity index (χ1) is 14.9. The maximum absolute atomic E-state index is 12.7. The number of ether oxygens (including phenoxy) is 1. The molecule has 3 aromatic rings. The van der Waals surface area contributed by atoms with Crippen LogP contribution in [0.2, 0.25) is 0 Å². The molecule has 2 aromatic heterocycles.